The molecule has 42 heavy (non-hydrogen) atoms. The molecule has 222 valence electrons. The monoisotopic (exact) mass is 606 g/mol. The number of rotatable bonds is 9. The van der Waals surface area contributed by atoms with Gasteiger partial charge in [0, 0.05) is 30.4 Å². The van der Waals surface area contributed by atoms with E-state index in [1.54, 1.807) is 18.1 Å². The summed E-state index contributed by atoms with van der Waals surface area (Å²) in [5, 5.41) is 18.7. The number of aliphatic hydroxyl groups is 1. The van der Waals surface area contributed by atoms with E-state index >= 15 is 0 Å². The molecular formula is C26H26ClF3N8O4. The lowest BCUT2D eigenvalue weighted by Crippen LogP contribution is -2.38. The molecule has 0 aliphatic carbocycles. The number of ether oxygens (including phenoxy) is 1. The highest BCUT2D eigenvalue weighted by Gasteiger charge is 2.39. The van der Waals surface area contributed by atoms with Crippen molar-refractivity contribution in [3.8, 4) is 17.1 Å². The molecule has 1 unspecified atom stereocenters. The quantitative estimate of drug-likeness (QED) is 0.307. The minimum Gasteiger partial charge on any atom is -0.383 e. The number of likely N-dealkylation sites (tertiary alicyclic amines) is 1. The minimum absolute atomic E-state index is 0.0532. The Morgan fingerprint density at radius 1 is 1.21 bits per heavy atom. The fraction of sp³-hybridized carbons (Fsp3) is 0.385. The number of aromatic nitrogens is 7. The summed E-state index contributed by atoms with van der Waals surface area (Å²) in [4.78, 5) is 36.7. The number of nitrogens with zero attached hydrogens (tertiary/aromatic N) is 8. The third-order valence-electron chi connectivity index (χ3n) is 6.86. The number of hydrogen-bond acceptors (Lipinski definition) is 8. The Labute approximate surface area is 241 Å². The standard InChI is InChI=1S/C26H26ClF3N8O4/c1-42-14-18-3-2-10-35(18)24(40)19-8-9-31-11-20(19)38-15-32-22(33-38)13-37-25(41)36(12-21(39)26(28,29)30)23(34-37)16-4-6-17(27)7-5-16/h4-9,11,15,18,21,39H,2-3,10,12-14H2,1H3/t18?,21-/m0/s1. The van der Waals surface area contributed by atoms with Crippen molar-refractivity contribution in [1.82, 2.24) is 39.0 Å². The summed E-state index contributed by atoms with van der Waals surface area (Å²) in [7, 11) is 1.58. The van der Waals surface area contributed by atoms with Gasteiger partial charge in [-0.25, -0.2) is 19.1 Å². The fourth-order valence-corrected chi connectivity index (χ4v) is 4.92. The third-order valence-corrected chi connectivity index (χ3v) is 7.12. The van der Waals surface area contributed by atoms with E-state index in [1.807, 2.05) is 0 Å². The van der Waals surface area contributed by atoms with E-state index in [1.165, 1.54) is 47.7 Å². The van der Waals surface area contributed by atoms with Gasteiger partial charge in [-0.05, 0) is 43.2 Å². The van der Waals surface area contributed by atoms with Gasteiger partial charge in [-0.3, -0.25) is 14.3 Å². The summed E-state index contributed by atoms with van der Waals surface area (Å²) in [6.07, 6.45) is -1.76. The first-order valence-electron chi connectivity index (χ1n) is 12.9. The maximum Gasteiger partial charge on any atom is 0.416 e. The van der Waals surface area contributed by atoms with Gasteiger partial charge in [0.15, 0.2) is 17.8 Å². The van der Waals surface area contributed by atoms with Crippen LogP contribution in [0.2, 0.25) is 5.02 Å². The van der Waals surface area contributed by atoms with Crippen LogP contribution in [0.15, 0.2) is 53.8 Å². The lowest BCUT2D eigenvalue weighted by Gasteiger charge is -2.24. The number of carbonyl (C=O) groups is 1. The Balaban J connectivity index is 1.45. The van der Waals surface area contributed by atoms with E-state index in [2.05, 4.69) is 20.2 Å². The van der Waals surface area contributed by atoms with E-state index in [4.69, 9.17) is 16.3 Å². The van der Waals surface area contributed by atoms with Crippen molar-refractivity contribution in [1.29, 1.82) is 0 Å². The second kappa shape index (κ2) is 12.0. The van der Waals surface area contributed by atoms with Crippen molar-refractivity contribution < 1.29 is 27.8 Å². The van der Waals surface area contributed by atoms with Crippen LogP contribution in [-0.2, 0) is 17.8 Å². The first kappa shape index (κ1) is 29.4. The highest BCUT2D eigenvalue weighted by atomic mass is 35.5. The molecule has 0 radical (unpaired) electrons. The number of methoxy groups -OCH3 is 1. The number of pyridine rings is 1. The van der Waals surface area contributed by atoms with Crippen molar-refractivity contribution in [3.63, 3.8) is 0 Å². The second-order valence-electron chi connectivity index (χ2n) is 9.69. The van der Waals surface area contributed by atoms with E-state index in [0.29, 0.717) is 35.0 Å². The number of benzene rings is 1. The Kier molecular flexibility index (Phi) is 8.43. The summed E-state index contributed by atoms with van der Waals surface area (Å²) in [6, 6.07) is 7.52. The molecule has 12 nitrogen and oxygen atoms in total. The Morgan fingerprint density at radius 2 is 1.98 bits per heavy atom. The average molecular weight is 607 g/mol. The van der Waals surface area contributed by atoms with E-state index in [9.17, 15) is 27.9 Å². The van der Waals surface area contributed by atoms with Crippen LogP contribution in [0.3, 0.4) is 0 Å². The Bertz CT molecular complexity index is 1620. The van der Waals surface area contributed by atoms with Crippen LogP contribution in [0.5, 0.6) is 0 Å². The van der Waals surface area contributed by atoms with Crippen LogP contribution in [0.25, 0.3) is 17.1 Å². The molecule has 0 saturated carbocycles. The van der Waals surface area contributed by atoms with Crippen LogP contribution >= 0.6 is 11.6 Å². The molecule has 0 bridgehead atoms. The van der Waals surface area contributed by atoms with Gasteiger partial charge in [-0.15, -0.1) is 10.2 Å². The SMILES string of the molecule is COCC1CCCN1C(=O)c1ccncc1-n1cnc(Cn2nc(-c3ccc(Cl)cc3)n(C[C@H](O)C(F)(F)F)c2=O)n1. The molecule has 2 atom stereocenters. The van der Waals surface area contributed by atoms with Crippen molar-refractivity contribution in [2.24, 2.45) is 0 Å². The van der Waals surface area contributed by atoms with E-state index in [-0.39, 0.29) is 30.1 Å². The van der Waals surface area contributed by atoms with Crippen LogP contribution in [0, 0.1) is 0 Å². The molecule has 3 aromatic heterocycles. The molecule has 1 aliphatic rings. The molecule has 1 fully saturated rings. The largest absolute Gasteiger partial charge is 0.416 e. The maximum absolute atomic E-state index is 13.4. The predicted molar refractivity (Wildman–Crippen MR) is 143 cm³/mol. The fourth-order valence-electron chi connectivity index (χ4n) is 4.79. The topological polar surface area (TPSA) is 133 Å². The highest BCUT2D eigenvalue weighted by molar-refractivity contribution is 6.30. The normalized spacial score (nSPS) is 16.2. The summed E-state index contributed by atoms with van der Waals surface area (Å²) in [6.45, 7) is -0.363. The van der Waals surface area contributed by atoms with E-state index < -0.39 is 24.5 Å². The van der Waals surface area contributed by atoms with Gasteiger partial charge in [0.1, 0.15) is 12.9 Å². The van der Waals surface area contributed by atoms with Gasteiger partial charge < -0.3 is 14.7 Å². The zero-order chi connectivity index (χ0) is 30.0. The lowest BCUT2D eigenvalue weighted by atomic mass is 10.1. The molecule has 1 saturated heterocycles. The van der Waals surface area contributed by atoms with Crippen LogP contribution in [-0.4, -0.2) is 88.6 Å². The Hall–Kier alpha value is -4.08. The Morgan fingerprint density at radius 3 is 2.69 bits per heavy atom. The minimum atomic E-state index is -4.95. The molecule has 4 aromatic rings. The highest BCUT2D eigenvalue weighted by Crippen LogP contribution is 2.25. The molecule has 1 aliphatic heterocycles. The van der Waals surface area contributed by atoms with Crippen molar-refractivity contribution in [2.75, 3.05) is 20.3 Å². The van der Waals surface area contributed by atoms with Crippen LogP contribution in [0.1, 0.15) is 29.0 Å². The molecule has 1 amide bonds. The molecular weight excluding hydrogens is 581 g/mol. The van der Waals surface area contributed by atoms with Crippen LogP contribution < -0.4 is 5.69 Å². The first-order chi connectivity index (χ1) is 20.1. The van der Waals surface area contributed by atoms with Gasteiger partial charge >= 0.3 is 11.9 Å². The third kappa shape index (κ3) is 6.07. The predicted octanol–water partition coefficient (Wildman–Crippen LogP) is 2.56. The number of aliphatic hydroxyl groups excluding tert-OH is 1. The smallest absolute Gasteiger partial charge is 0.383 e. The molecule has 16 heteroatoms. The molecule has 0 spiro atoms. The molecule has 1 aromatic carbocycles. The number of hydrogen-bond donors (Lipinski definition) is 1. The van der Waals surface area contributed by atoms with Crippen molar-refractivity contribution in [2.45, 2.75) is 44.3 Å². The lowest BCUT2D eigenvalue weighted by molar-refractivity contribution is -0.207. The zero-order valence-electron chi connectivity index (χ0n) is 22.3. The van der Waals surface area contributed by atoms with E-state index in [0.717, 1.165) is 22.1 Å². The van der Waals surface area contributed by atoms with Gasteiger partial charge in [0.25, 0.3) is 5.91 Å². The summed E-state index contributed by atoms with van der Waals surface area (Å²) < 4.78 is 47.7. The number of halogens is 4. The summed E-state index contributed by atoms with van der Waals surface area (Å²) >= 11 is 5.93. The van der Waals surface area contributed by atoms with Crippen molar-refractivity contribution >= 4 is 17.5 Å². The molecule has 4 heterocycles. The second-order valence-corrected chi connectivity index (χ2v) is 10.1. The van der Waals surface area contributed by atoms with Crippen molar-refractivity contribution in [3.05, 3.63) is 75.9 Å². The van der Waals surface area contributed by atoms with Crippen LogP contribution in [0.4, 0.5) is 13.2 Å². The first-order valence-corrected chi connectivity index (χ1v) is 13.3. The molecule has 1 N–H and O–H groups in total. The van der Waals surface area contributed by atoms with Gasteiger partial charge in [-0.1, -0.05) is 11.6 Å². The molecule has 5 rings (SSSR count). The summed E-state index contributed by atoms with van der Waals surface area (Å²) in [5.41, 5.74) is 0.111. The van der Waals surface area contributed by atoms with Gasteiger partial charge in [0.05, 0.1) is 36.6 Å². The van der Waals surface area contributed by atoms with Gasteiger partial charge in [0.2, 0.25) is 0 Å². The average Bonchev–Trinajstić information content (AvgIpc) is 3.69. The zero-order valence-corrected chi connectivity index (χ0v) is 23.0. The number of amides is 1. The van der Waals surface area contributed by atoms with Gasteiger partial charge in [-0.2, -0.15) is 13.2 Å². The maximum atomic E-state index is 13.4. The number of carbonyl (C=O) groups excluding carboxylic acids is 1. The summed E-state index contributed by atoms with van der Waals surface area (Å²) in [5.74, 6) is -0.216. The number of alkyl halides is 3.